The van der Waals surface area contributed by atoms with Gasteiger partial charge in [0.25, 0.3) is 0 Å². The highest BCUT2D eigenvalue weighted by atomic mass is 79.9. The van der Waals surface area contributed by atoms with Gasteiger partial charge in [-0.1, -0.05) is 28.4 Å². The Morgan fingerprint density at radius 1 is 1.43 bits per heavy atom. The fourth-order valence-corrected chi connectivity index (χ4v) is 2.88. The Kier molecular flexibility index (Phi) is 2.62. The van der Waals surface area contributed by atoms with Gasteiger partial charge in [0, 0.05) is 16.4 Å². The topological polar surface area (TPSA) is 26.0 Å². The first-order valence-corrected chi connectivity index (χ1v) is 5.63. The summed E-state index contributed by atoms with van der Waals surface area (Å²) in [6.07, 6.45) is 3.46. The maximum atomic E-state index is 12.9. The van der Waals surface area contributed by atoms with E-state index in [9.17, 15) is 4.39 Å². The summed E-state index contributed by atoms with van der Waals surface area (Å²) in [6.45, 7) is 0.650. The summed E-state index contributed by atoms with van der Waals surface area (Å²) in [5.74, 6) is -0.202. The van der Waals surface area contributed by atoms with Gasteiger partial charge < -0.3 is 5.73 Å². The lowest BCUT2D eigenvalue weighted by molar-refractivity contribution is 0.251. The summed E-state index contributed by atoms with van der Waals surface area (Å²) >= 11 is 3.40. The van der Waals surface area contributed by atoms with Gasteiger partial charge in [-0.05, 0) is 30.5 Å². The van der Waals surface area contributed by atoms with Crippen molar-refractivity contribution in [3.05, 3.63) is 34.1 Å². The van der Waals surface area contributed by atoms with Crippen molar-refractivity contribution < 1.29 is 4.39 Å². The molecule has 76 valence electrons. The van der Waals surface area contributed by atoms with Crippen LogP contribution in [0.4, 0.5) is 4.39 Å². The molecule has 1 aromatic carbocycles. The fraction of sp³-hybridized carbons (Fsp3) is 0.455. The van der Waals surface area contributed by atoms with Gasteiger partial charge in [0.1, 0.15) is 5.82 Å². The second-order valence-corrected chi connectivity index (χ2v) is 4.82. The van der Waals surface area contributed by atoms with Crippen molar-refractivity contribution >= 4 is 15.9 Å². The molecule has 1 aliphatic carbocycles. The molecular formula is C11H13BrFN. The van der Waals surface area contributed by atoms with Crippen molar-refractivity contribution in [2.45, 2.75) is 24.7 Å². The van der Waals surface area contributed by atoms with Crippen LogP contribution in [-0.2, 0) is 5.41 Å². The molecule has 14 heavy (non-hydrogen) atoms. The van der Waals surface area contributed by atoms with Crippen LogP contribution in [0.3, 0.4) is 0 Å². The molecule has 0 radical (unpaired) electrons. The molecule has 0 unspecified atom stereocenters. The second kappa shape index (κ2) is 3.63. The van der Waals surface area contributed by atoms with E-state index < -0.39 is 0 Å². The molecule has 1 nitrogen and oxygen atoms in total. The summed E-state index contributed by atoms with van der Waals surface area (Å²) in [5.41, 5.74) is 7.06. The standard InChI is InChI=1S/C11H13BrFN/c12-10-6-8(13)2-3-9(10)11(7-14)4-1-5-11/h2-3,6H,1,4-5,7,14H2. The van der Waals surface area contributed by atoms with E-state index in [4.69, 9.17) is 5.73 Å². The highest BCUT2D eigenvalue weighted by Crippen LogP contribution is 2.45. The van der Waals surface area contributed by atoms with Gasteiger partial charge in [0.2, 0.25) is 0 Å². The molecule has 0 saturated heterocycles. The minimum absolute atomic E-state index is 0.104. The molecule has 1 aromatic rings. The van der Waals surface area contributed by atoms with Gasteiger partial charge >= 0.3 is 0 Å². The second-order valence-electron chi connectivity index (χ2n) is 3.96. The molecule has 0 atom stereocenters. The predicted octanol–water partition coefficient (Wildman–Crippen LogP) is 2.97. The lowest BCUT2D eigenvalue weighted by atomic mass is 9.64. The van der Waals surface area contributed by atoms with Crippen molar-refractivity contribution in [1.82, 2.24) is 0 Å². The Labute approximate surface area is 91.6 Å². The van der Waals surface area contributed by atoms with E-state index in [0.29, 0.717) is 6.54 Å². The highest BCUT2D eigenvalue weighted by molar-refractivity contribution is 9.10. The molecule has 0 spiro atoms. The van der Waals surface area contributed by atoms with Crippen LogP contribution in [0.1, 0.15) is 24.8 Å². The molecule has 1 saturated carbocycles. The average molecular weight is 258 g/mol. The zero-order valence-corrected chi connectivity index (χ0v) is 9.48. The number of halogens is 2. The molecule has 0 aromatic heterocycles. The third kappa shape index (κ3) is 1.48. The summed E-state index contributed by atoms with van der Waals surface area (Å²) in [5, 5.41) is 0. The minimum atomic E-state index is -0.202. The van der Waals surface area contributed by atoms with Crippen LogP contribution in [0.25, 0.3) is 0 Å². The van der Waals surface area contributed by atoms with Crippen molar-refractivity contribution in [2.75, 3.05) is 6.54 Å². The van der Waals surface area contributed by atoms with E-state index in [1.165, 1.54) is 18.6 Å². The third-order valence-electron chi connectivity index (χ3n) is 3.20. The van der Waals surface area contributed by atoms with E-state index in [1.54, 1.807) is 0 Å². The highest BCUT2D eigenvalue weighted by Gasteiger charge is 2.38. The summed E-state index contributed by atoms with van der Waals surface area (Å²) < 4.78 is 13.8. The quantitative estimate of drug-likeness (QED) is 0.867. The first kappa shape index (κ1) is 10.1. The Bertz CT molecular complexity index is 342. The van der Waals surface area contributed by atoms with Crippen molar-refractivity contribution in [3.8, 4) is 0 Å². The molecule has 1 aliphatic rings. The lowest BCUT2D eigenvalue weighted by Gasteiger charge is -2.42. The number of hydrogen-bond acceptors (Lipinski definition) is 1. The van der Waals surface area contributed by atoms with E-state index in [-0.39, 0.29) is 11.2 Å². The third-order valence-corrected chi connectivity index (χ3v) is 3.86. The Balaban J connectivity index is 2.40. The minimum Gasteiger partial charge on any atom is -0.330 e. The zero-order valence-electron chi connectivity index (χ0n) is 7.89. The normalized spacial score (nSPS) is 19.1. The summed E-state index contributed by atoms with van der Waals surface area (Å²) in [6, 6.07) is 4.88. The van der Waals surface area contributed by atoms with Crippen LogP contribution in [0, 0.1) is 5.82 Å². The predicted molar refractivity (Wildman–Crippen MR) is 58.7 cm³/mol. The number of rotatable bonds is 2. The van der Waals surface area contributed by atoms with E-state index in [1.807, 2.05) is 6.07 Å². The van der Waals surface area contributed by atoms with Crippen LogP contribution >= 0.6 is 15.9 Å². The van der Waals surface area contributed by atoms with Gasteiger partial charge in [-0.15, -0.1) is 0 Å². The SMILES string of the molecule is NCC1(c2ccc(F)cc2Br)CCC1. The monoisotopic (exact) mass is 257 g/mol. The first-order valence-electron chi connectivity index (χ1n) is 4.83. The van der Waals surface area contributed by atoms with Gasteiger partial charge in [0.15, 0.2) is 0 Å². The Morgan fingerprint density at radius 3 is 2.57 bits per heavy atom. The molecule has 0 amide bonds. The molecule has 1 fully saturated rings. The Hall–Kier alpha value is -0.410. The van der Waals surface area contributed by atoms with Crippen LogP contribution in [0.2, 0.25) is 0 Å². The van der Waals surface area contributed by atoms with Crippen LogP contribution in [-0.4, -0.2) is 6.54 Å². The van der Waals surface area contributed by atoms with Gasteiger partial charge in [-0.2, -0.15) is 0 Å². The number of nitrogens with two attached hydrogens (primary N) is 1. The Morgan fingerprint density at radius 2 is 2.14 bits per heavy atom. The van der Waals surface area contributed by atoms with Crippen LogP contribution < -0.4 is 5.73 Å². The maximum Gasteiger partial charge on any atom is 0.124 e. The summed E-state index contributed by atoms with van der Waals surface area (Å²) in [4.78, 5) is 0. The lowest BCUT2D eigenvalue weighted by Crippen LogP contribution is -2.41. The summed E-state index contributed by atoms with van der Waals surface area (Å²) in [7, 11) is 0. The smallest absolute Gasteiger partial charge is 0.124 e. The van der Waals surface area contributed by atoms with Crippen molar-refractivity contribution in [1.29, 1.82) is 0 Å². The van der Waals surface area contributed by atoms with E-state index >= 15 is 0 Å². The molecular weight excluding hydrogens is 245 g/mol. The van der Waals surface area contributed by atoms with Crippen molar-refractivity contribution in [2.24, 2.45) is 5.73 Å². The average Bonchev–Trinajstić information content (AvgIpc) is 2.07. The zero-order chi connectivity index (χ0) is 10.2. The molecule has 0 heterocycles. The largest absolute Gasteiger partial charge is 0.330 e. The van der Waals surface area contributed by atoms with Gasteiger partial charge in [-0.25, -0.2) is 4.39 Å². The van der Waals surface area contributed by atoms with Gasteiger partial charge in [0.05, 0.1) is 0 Å². The van der Waals surface area contributed by atoms with Gasteiger partial charge in [-0.3, -0.25) is 0 Å². The van der Waals surface area contributed by atoms with Crippen molar-refractivity contribution in [3.63, 3.8) is 0 Å². The van der Waals surface area contributed by atoms with E-state index in [0.717, 1.165) is 22.9 Å². The molecule has 0 aliphatic heterocycles. The first-order chi connectivity index (χ1) is 6.68. The number of hydrogen-bond donors (Lipinski definition) is 1. The van der Waals surface area contributed by atoms with Crippen LogP contribution in [0.5, 0.6) is 0 Å². The van der Waals surface area contributed by atoms with Crippen LogP contribution in [0.15, 0.2) is 22.7 Å². The number of benzene rings is 1. The van der Waals surface area contributed by atoms with E-state index in [2.05, 4.69) is 15.9 Å². The molecule has 2 rings (SSSR count). The molecule has 2 N–H and O–H groups in total. The maximum absolute atomic E-state index is 12.9. The fourth-order valence-electron chi connectivity index (χ4n) is 2.11. The molecule has 3 heteroatoms. The molecule has 0 bridgehead atoms.